The molecule has 1 aliphatic heterocycles. The van der Waals surface area contributed by atoms with Crippen LogP contribution >= 0.6 is 15.9 Å². The molecule has 1 saturated heterocycles. The Bertz CT molecular complexity index is 50.0. The summed E-state index contributed by atoms with van der Waals surface area (Å²) in [4.78, 5) is 0. The highest BCUT2D eigenvalue weighted by atomic mass is 79.9. The van der Waals surface area contributed by atoms with Crippen LogP contribution in [0, 0.1) is 0 Å². The van der Waals surface area contributed by atoms with Gasteiger partial charge in [-0.15, -0.1) is 0 Å². The van der Waals surface area contributed by atoms with Gasteiger partial charge in [0.25, 0.3) is 0 Å². The predicted octanol–water partition coefficient (Wildman–Crippen LogP) is 1.13. The number of rotatable bonds is 1. The predicted molar refractivity (Wildman–Crippen MR) is 34.8 cm³/mol. The number of nitrogens with one attached hydrogen (secondary N) is 1. The molecule has 1 fully saturated rings. The summed E-state index contributed by atoms with van der Waals surface area (Å²) in [7, 11) is 0. The van der Waals surface area contributed by atoms with E-state index >= 15 is 0 Å². The van der Waals surface area contributed by atoms with Crippen LogP contribution in [-0.4, -0.2) is 17.9 Å². The van der Waals surface area contributed by atoms with Gasteiger partial charge in [-0.25, -0.2) is 0 Å². The van der Waals surface area contributed by atoms with Crippen molar-refractivity contribution in [2.24, 2.45) is 0 Å². The summed E-state index contributed by atoms with van der Waals surface area (Å²) in [5.41, 5.74) is 0. The molecular formula is C5H10BrN. The highest BCUT2D eigenvalue weighted by Crippen LogP contribution is 2.06. The molecule has 0 aromatic heterocycles. The first-order chi connectivity index (χ1) is 3.43. The highest BCUT2D eigenvalue weighted by Gasteiger charge is 2.10. The molecule has 0 saturated carbocycles. The second-order valence-electron chi connectivity index (χ2n) is 1.95. The topological polar surface area (TPSA) is 12.0 Å². The van der Waals surface area contributed by atoms with Crippen molar-refractivity contribution in [2.45, 2.75) is 18.9 Å². The summed E-state index contributed by atoms with van der Waals surface area (Å²) < 4.78 is 0. The Balaban J connectivity index is 2.14. The zero-order valence-electron chi connectivity index (χ0n) is 4.28. The van der Waals surface area contributed by atoms with Crippen LogP contribution < -0.4 is 5.32 Å². The number of alkyl halides is 1. The molecule has 0 aromatic carbocycles. The Hall–Kier alpha value is 0.440. The molecule has 0 unspecified atom stereocenters. The van der Waals surface area contributed by atoms with Gasteiger partial charge in [-0.1, -0.05) is 15.9 Å². The molecule has 42 valence electrons. The first-order valence-corrected chi connectivity index (χ1v) is 3.85. The van der Waals surface area contributed by atoms with Gasteiger partial charge in [-0.05, 0) is 19.4 Å². The van der Waals surface area contributed by atoms with Crippen molar-refractivity contribution in [3.63, 3.8) is 0 Å². The van der Waals surface area contributed by atoms with Gasteiger partial charge >= 0.3 is 0 Å². The van der Waals surface area contributed by atoms with Gasteiger partial charge in [0.2, 0.25) is 0 Å². The van der Waals surface area contributed by atoms with Crippen LogP contribution in [0.1, 0.15) is 12.8 Å². The summed E-state index contributed by atoms with van der Waals surface area (Å²) in [5, 5.41) is 4.48. The van der Waals surface area contributed by atoms with Crippen molar-refractivity contribution in [1.82, 2.24) is 5.32 Å². The maximum Gasteiger partial charge on any atom is 0.0186 e. The first kappa shape index (κ1) is 5.57. The summed E-state index contributed by atoms with van der Waals surface area (Å²) in [5.74, 6) is 0. The average Bonchev–Trinajstić information content (AvgIpc) is 2.14. The van der Waals surface area contributed by atoms with E-state index in [0.29, 0.717) is 0 Å². The van der Waals surface area contributed by atoms with E-state index in [0.717, 1.165) is 11.4 Å². The molecule has 0 aromatic rings. The van der Waals surface area contributed by atoms with Crippen LogP contribution in [0.3, 0.4) is 0 Å². The molecule has 0 amide bonds. The maximum absolute atomic E-state index is 3.41. The van der Waals surface area contributed by atoms with E-state index in [9.17, 15) is 0 Å². The fourth-order valence-electron chi connectivity index (χ4n) is 0.888. The molecule has 1 N–H and O–H groups in total. The second-order valence-corrected chi connectivity index (χ2v) is 2.60. The Kier molecular flexibility index (Phi) is 2.13. The molecule has 2 heteroatoms. The molecule has 7 heavy (non-hydrogen) atoms. The quantitative estimate of drug-likeness (QED) is 0.573. The molecule has 1 nitrogen and oxygen atoms in total. The minimum Gasteiger partial charge on any atom is -0.313 e. The largest absolute Gasteiger partial charge is 0.313 e. The lowest BCUT2D eigenvalue weighted by molar-refractivity contribution is 0.678. The molecular weight excluding hydrogens is 154 g/mol. The van der Waals surface area contributed by atoms with Gasteiger partial charge < -0.3 is 5.32 Å². The van der Waals surface area contributed by atoms with Crippen molar-refractivity contribution in [3.8, 4) is 0 Å². The number of hydrogen-bond acceptors (Lipinski definition) is 1. The number of hydrogen-bond donors (Lipinski definition) is 1. The van der Waals surface area contributed by atoms with Gasteiger partial charge in [0.05, 0.1) is 0 Å². The third kappa shape index (κ3) is 1.42. The molecule has 0 bridgehead atoms. The Labute approximate surface area is 52.6 Å². The lowest BCUT2D eigenvalue weighted by Gasteiger charge is -2.00. The van der Waals surface area contributed by atoms with Gasteiger partial charge in [-0.2, -0.15) is 0 Å². The van der Waals surface area contributed by atoms with E-state index in [1.165, 1.54) is 19.4 Å². The molecule has 0 spiro atoms. The van der Waals surface area contributed by atoms with E-state index in [2.05, 4.69) is 21.2 Å². The summed E-state index contributed by atoms with van der Waals surface area (Å²) >= 11 is 3.41. The third-order valence-electron chi connectivity index (χ3n) is 1.35. The van der Waals surface area contributed by atoms with Crippen LogP contribution in [0.2, 0.25) is 0 Å². The van der Waals surface area contributed by atoms with Crippen molar-refractivity contribution in [2.75, 3.05) is 11.9 Å². The SMILES string of the molecule is BrC[C@@H]1CCCN1. The Morgan fingerprint density at radius 3 is 2.86 bits per heavy atom. The van der Waals surface area contributed by atoms with Crippen LogP contribution in [0.25, 0.3) is 0 Å². The second kappa shape index (κ2) is 2.68. The minimum absolute atomic E-state index is 0.764. The van der Waals surface area contributed by atoms with Gasteiger partial charge in [0, 0.05) is 11.4 Å². The minimum atomic E-state index is 0.764. The van der Waals surface area contributed by atoms with E-state index in [1.807, 2.05) is 0 Å². The first-order valence-electron chi connectivity index (χ1n) is 2.73. The van der Waals surface area contributed by atoms with Crippen molar-refractivity contribution >= 4 is 15.9 Å². The monoisotopic (exact) mass is 163 g/mol. The van der Waals surface area contributed by atoms with Gasteiger partial charge in [-0.3, -0.25) is 0 Å². The van der Waals surface area contributed by atoms with E-state index in [1.54, 1.807) is 0 Å². The molecule has 1 aliphatic rings. The molecule has 1 rings (SSSR count). The summed E-state index contributed by atoms with van der Waals surface area (Å²) in [6, 6.07) is 0.764. The fourth-order valence-corrected chi connectivity index (χ4v) is 1.44. The Morgan fingerprint density at radius 2 is 2.57 bits per heavy atom. The third-order valence-corrected chi connectivity index (χ3v) is 2.13. The van der Waals surface area contributed by atoms with Crippen LogP contribution in [0.5, 0.6) is 0 Å². The lowest BCUT2D eigenvalue weighted by Crippen LogP contribution is -2.22. The van der Waals surface area contributed by atoms with E-state index in [-0.39, 0.29) is 0 Å². The van der Waals surface area contributed by atoms with E-state index in [4.69, 9.17) is 0 Å². The standard InChI is InChI=1S/C5H10BrN/c6-4-5-2-1-3-7-5/h5,7H,1-4H2/t5-/m0/s1. The molecule has 1 atom stereocenters. The number of halogens is 1. The van der Waals surface area contributed by atoms with Crippen LogP contribution in [0.4, 0.5) is 0 Å². The van der Waals surface area contributed by atoms with Gasteiger partial charge in [0.1, 0.15) is 0 Å². The maximum atomic E-state index is 3.41. The van der Waals surface area contributed by atoms with Crippen molar-refractivity contribution in [1.29, 1.82) is 0 Å². The zero-order chi connectivity index (χ0) is 5.11. The smallest absolute Gasteiger partial charge is 0.0186 e. The molecule has 0 aliphatic carbocycles. The molecule has 1 heterocycles. The van der Waals surface area contributed by atoms with Crippen LogP contribution in [0.15, 0.2) is 0 Å². The fraction of sp³-hybridized carbons (Fsp3) is 1.00. The van der Waals surface area contributed by atoms with Gasteiger partial charge in [0.15, 0.2) is 0 Å². The Morgan fingerprint density at radius 1 is 1.71 bits per heavy atom. The normalized spacial score (nSPS) is 31.3. The van der Waals surface area contributed by atoms with Crippen molar-refractivity contribution in [3.05, 3.63) is 0 Å². The highest BCUT2D eigenvalue weighted by molar-refractivity contribution is 9.09. The van der Waals surface area contributed by atoms with E-state index < -0.39 is 0 Å². The molecule has 0 radical (unpaired) electrons. The van der Waals surface area contributed by atoms with Crippen LogP contribution in [-0.2, 0) is 0 Å². The zero-order valence-corrected chi connectivity index (χ0v) is 5.87. The lowest BCUT2D eigenvalue weighted by atomic mass is 10.3. The summed E-state index contributed by atoms with van der Waals surface area (Å²) in [6.45, 7) is 1.22. The average molecular weight is 164 g/mol. The van der Waals surface area contributed by atoms with Crippen molar-refractivity contribution < 1.29 is 0 Å². The summed E-state index contributed by atoms with van der Waals surface area (Å²) in [6.07, 6.45) is 2.71.